The van der Waals surface area contributed by atoms with Crippen LogP contribution in [0.1, 0.15) is 30.2 Å². The van der Waals surface area contributed by atoms with Gasteiger partial charge in [-0.05, 0) is 67.4 Å². The summed E-state index contributed by atoms with van der Waals surface area (Å²) < 4.78 is 6.69. The number of carbonyl (C=O) groups is 1. The highest BCUT2D eigenvalue weighted by atomic mass is 35.5. The second-order valence-electron chi connectivity index (χ2n) is 4.90. The second kappa shape index (κ2) is 6.14. The fourth-order valence-corrected chi connectivity index (χ4v) is 2.36. The molecule has 0 spiro atoms. The van der Waals surface area contributed by atoms with Crippen molar-refractivity contribution >= 4 is 16.8 Å². The van der Waals surface area contributed by atoms with Crippen LogP contribution in [0.4, 0.5) is 0 Å². The predicted molar refractivity (Wildman–Crippen MR) is 83.3 cm³/mol. The number of hydrogen-bond acceptors (Lipinski definition) is 3. The van der Waals surface area contributed by atoms with Gasteiger partial charge in [-0.2, -0.15) is 0 Å². The van der Waals surface area contributed by atoms with E-state index in [9.17, 15) is 9.59 Å². The summed E-state index contributed by atoms with van der Waals surface area (Å²) in [5, 5.41) is -0.740. The number of pyridine rings is 1. The lowest BCUT2D eigenvalue weighted by atomic mass is 10.1. The van der Waals surface area contributed by atoms with Gasteiger partial charge < -0.3 is 9.30 Å². The molecule has 0 N–H and O–H groups in total. The van der Waals surface area contributed by atoms with Crippen molar-refractivity contribution in [3.8, 4) is 17.0 Å². The van der Waals surface area contributed by atoms with Crippen molar-refractivity contribution in [2.24, 2.45) is 0 Å². The lowest BCUT2D eigenvalue weighted by molar-refractivity contribution is 0.107. The Morgan fingerprint density at radius 3 is 2.24 bits per heavy atom. The zero-order valence-corrected chi connectivity index (χ0v) is 12.8. The van der Waals surface area contributed by atoms with E-state index < -0.39 is 5.24 Å². The molecule has 4 nitrogen and oxygen atoms in total. The van der Waals surface area contributed by atoms with Crippen LogP contribution in [-0.2, 0) is 0 Å². The van der Waals surface area contributed by atoms with Crippen LogP contribution in [0.25, 0.3) is 11.3 Å². The van der Waals surface area contributed by atoms with Gasteiger partial charge in [-0.3, -0.25) is 9.59 Å². The van der Waals surface area contributed by atoms with Crippen molar-refractivity contribution in [1.29, 1.82) is 0 Å². The first kappa shape index (κ1) is 15.3. The second-order valence-corrected chi connectivity index (χ2v) is 5.25. The Morgan fingerprint density at radius 2 is 1.76 bits per heavy atom. The van der Waals surface area contributed by atoms with Crippen LogP contribution in [0.3, 0.4) is 0 Å². The number of nitrogens with zero attached hydrogens (tertiary/aromatic N) is 1. The molecule has 1 aromatic heterocycles. The highest BCUT2D eigenvalue weighted by Gasteiger charge is 2.16. The van der Waals surface area contributed by atoms with E-state index in [1.54, 1.807) is 17.7 Å². The number of benzene rings is 1. The molecule has 1 aromatic carbocycles. The quantitative estimate of drug-likeness (QED) is 0.812. The largest absolute Gasteiger partial charge is 0.497 e. The van der Waals surface area contributed by atoms with Gasteiger partial charge >= 0.3 is 0 Å². The number of hydrogen-bond donors (Lipinski definition) is 0. The van der Waals surface area contributed by atoms with Gasteiger partial charge in [-0.1, -0.05) is 0 Å². The van der Waals surface area contributed by atoms with Crippen LogP contribution in [0.2, 0.25) is 0 Å². The van der Waals surface area contributed by atoms with E-state index in [0.717, 1.165) is 17.0 Å². The van der Waals surface area contributed by atoms with Crippen molar-refractivity contribution in [3.05, 3.63) is 52.3 Å². The lowest BCUT2D eigenvalue weighted by Gasteiger charge is -2.17. The molecule has 0 aliphatic carbocycles. The van der Waals surface area contributed by atoms with Gasteiger partial charge in [-0.15, -0.1) is 0 Å². The molecular weight excluding hydrogens is 290 g/mol. The Hall–Kier alpha value is -2.07. The SMILES string of the molecule is COc1ccc(-c2ccc(C(=O)Cl)c(=O)n2C(C)C)cc1. The summed E-state index contributed by atoms with van der Waals surface area (Å²) in [6.07, 6.45) is 0. The van der Waals surface area contributed by atoms with Crippen LogP contribution in [0.5, 0.6) is 5.75 Å². The molecule has 0 saturated carbocycles. The van der Waals surface area contributed by atoms with Crippen molar-refractivity contribution in [2.75, 3.05) is 7.11 Å². The average Bonchev–Trinajstić information content (AvgIpc) is 2.46. The molecule has 0 fully saturated rings. The molecule has 1 heterocycles. The highest BCUT2D eigenvalue weighted by molar-refractivity contribution is 6.67. The molecule has 2 aromatic rings. The minimum Gasteiger partial charge on any atom is -0.497 e. The molecule has 0 amide bonds. The lowest BCUT2D eigenvalue weighted by Crippen LogP contribution is -2.27. The van der Waals surface area contributed by atoms with Gasteiger partial charge in [0.05, 0.1) is 18.4 Å². The maximum atomic E-state index is 12.4. The van der Waals surface area contributed by atoms with Crippen LogP contribution >= 0.6 is 11.6 Å². The number of rotatable bonds is 4. The fourth-order valence-electron chi connectivity index (χ4n) is 2.21. The Bertz CT molecular complexity index is 717. The highest BCUT2D eigenvalue weighted by Crippen LogP contribution is 2.24. The zero-order valence-electron chi connectivity index (χ0n) is 12.1. The smallest absolute Gasteiger partial charge is 0.263 e. The molecule has 110 valence electrons. The van der Waals surface area contributed by atoms with E-state index in [0.29, 0.717) is 0 Å². The van der Waals surface area contributed by atoms with Crippen LogP contribution in [0, 0.1) is 0 Å². The minimum atomic E-state index is -0.740. The number of halogens is 1. The molecule has 0 aliphatic rings. The molecular formula is C16H16ClNO3. The van der Waals surface area contributed by atoms with E-state index in [2.05, 4.69) is 0 Å². The maximum Gasteiger partial charge on any atom is 0.263 e. The molecule has 21 heavy (non-hydrogen) atoms. The fraction of sp³-hybridized carbons (Fsp3) is 0.250. The summed E-state index contributed by atoms with van der Waals surface area (Å²) >= 11 is 5.45. The first-order chi connectivity index (χ1) is 9.95. The van der Waals surface area contributed by atoms with Crippen LogP contribution in [-0.4, -0.2) is 16.9 Å². The maximum absolute atomic E-state index is 12.4. The van der Waals surface area contributed by atoms with Gasteiger partial charge in [0.2, 0.25) is 0 Å². The van der Waals surface area contributed by atoms with Gasteiger partial charge in [0, 0.05) is 6.04 Å². The topological polar surface area (TPSA) is 48.3 Å². The Balaban J connectivity index is 2.65. The molecule has 0 saturated heterocycles. The predicted octanol–water partition coefficient (Wildman–Crippen LogP) is 3.48. The zero-order chi connectivity index (χ0) is 15.6. The summed E-state index contributed by atoms with van der Waals surface area (Å²) in [7, 11) is 1.60. The van der Waals surface area contributed by atoms with Crippen molar-refractivity contribution < 1.29 is 9.53 Å². The van der Waals surface area contributed by atoms with Gasteiger partial charge in [0.15, 0.2) is 0 Å². The van der Waals surface area contributed by atoms with Crippen LogP contribution < -0.4 is 10.3 Å². The van der Waals surface area contributed by atoms with E-state index in [-0.39, 0.29) is 17.2 Å². The van der Waals surface area contributed by atoms with Crippen molar-refractivity contribution in [2.45, 2.75) is 19.9 Å². The Labute approximate surface area is 127 Å². The van der Waals surface area contributed by atoms with E-state index in [1.807, 2.05) is 38.1 Å². The average molecular weight is 306 g/mol. The van der Waals surface area contributed by atoms with E-state index in [4.69, 9.17) is 16.3 Å². The minimum absolute atomic E-state index is 0.0115. The normalized spacial score (nSPS) is 10.7. The third kappa shape index (κ3) is 3.00. The third-order valence-corrected chi connectivity index (χ3v) is 3.43. The number of carbonyl (C=O) groups excluding carboxylic acids is 1. The summed E-state index contributed by atoms with van der Waals surface area (Å²) in [6, 6.07) is 10.5. The standard InChI is InChI=1S/C16H16ClNO3/c1-10(2)18-14(9-8-13(15(17)19)16(18)20)11-4-6-12(21-3)7-5-11/h4-10H,1-3H3. The third-order valence-electron chi connectivity index (χ3n) is 3.23. The first-order valence-corrected chi connectivity index (χ1v) is 6.93. The van der Waals surface area contributed by atoms with E-state index >= 15 is 0 Å². The Kier molecular flexibility index (Phi) is 4.48. The number of ether oxygens (including phenoxy) is 1. The number of aromatic nitrogens is 1. The summed E-state index contributed by atoms with van der Waals surface area (Å²) in [5.41, 5.74) is 1.22. The first-order valence-electron chi connectivity index (χ1n) is 6.55. The van der Waals surface area contributed by atoms with Gasteiger partial charge in [0.1, 0.15) is 5.75 Å². The summed E-state index contributed by atoms with van der Waals surface area (Å²) in [5.74, 6) is 0.741. The number of methoxy groups -OCH3 is 1. The van der Waals surface area contributed by atoms with Gasteiger partial charge in [-0.25, -0.2) is 0 Å². The van der Waals surface area contributed by atoms with Crippen molar-refractivity contribution in [1.82, 2.24) is 4.57 Å². The molecule has 2 rings (SSSR count). The molecule has 0 bridgehead atoms. The summed E-state index contributed by atoms with van der Waals surface area (Å²) in [6.45, 7) is 3.77. The Morgan fingerprint density at radius 1 is 1.14 bits per heavy atom. The molecule has 0 unspecified atom stereocenters. The molecule has 0 aliphatic heterocycles. The van der Waals surface area contributed by atoms with Crippen LogP contribution in [0.15, 0.2) is 41.2 Å². The van der Waals surface area contributed by atoms with Gasteiger partial charge in [0.25, 0.3) is 10.8 Å². The van der Waals surface area contributed by atoms with E-state index in [1.165, 1.54) is 6.07 Å². The molecule has 5 heteroatoms. The molecule has 0 radical (unpaired) electrons. The molecule has 0 atom stereocenters. The van der Waals surface area contributed by atoms with Crippen molar-refractivity contribution in [3.63, 3.8) is 0 Å². The monoisotopic (exact) mass is 305 g/mol. The summed E-state index contributed by atoms with van der Waals surface area (Å²) in [4.78, 5) is 23.7.